The maximum Gasteiger partial charge on any atom is 0.271 e. The second-order valence-corrected chi connectivity index (χ2v) is 9.23. The van der Waals surface area contributed by atoms with E-state index in [4.69, 9.17) is 19.7 Å². The van der Waals surface area contributed by atoms with Crippen LogP contribution in [0.15, 0.2) is 65.5 Å². The molecule has 5 rings (SSSR count). The molecule has 2 aromatic heterocycles. The minimum absolute atomic E-state index is 0.0280. The topological polar surface area (TPSA) is 137 Å². The second kappa shape index (κ2) is 10.0. The molecule has 1 fully saturated rings. The number of nitrogens with zero attached hydrogens (tertiary/aromatic N) is 2. The van der Waals surface area contributed by atoms with Crippen molar-refractivity contribution in [1.82, 2.24) is 10.1 Å². The van der Waals surface area contributed by atoms with Crippen molar-refractivity contribution in [3.63, 3.8) is 0 Å². The van der Waals surface area contributed by atoms with Crippen molar-refractivity contribution in [2.24, 2.45) is 5.73 Å². The van der Waals surface area contributed by atoms with Crippen LogP contribution in [0.3, 0.4) is 0 Å². The Bertz CT molecular complexity index is 1530. The van der Waals surface area contributed by atoms with Gasteiger partial charge in [0.15, 0.2) is 17.3 Å². The number of pyridine rings is 1. The van der Waals surface area contributed by atoms with Crippen LogP contribution in [0.2, 0.25) is 0 Å². The summed E-state index contributed by atoms with van der Waals surface area (Å²) in [5.74, 6) is 0.882. The number of carbonyl (C=O) groups excluding carboxylic acids is 1. The summed E-state index contributed by atoms with van der Waals surface area (Å²) in [4.78, 5) is 16.9. The summed E-state index contributed by atoms with van der Waals surface area (Å²) in [7, 11) is 1.55. The lowest BCUT2D eigenvalue weighted by Gasteiger charge is -2.16. The molecule has 5 N–H and O–H groups in total. The maximum absolute atomic E-state index is 15.0. The van der Waals surface area contributed by atoms with Gasteiger partial charge in [0.1, 0.15) is 18.2 Å². The summed E-state index contributed by atoms with van der Waals surface area (Å²) < 4.78 is 31.4. The molecule has 0 spiro atoms. The number of aromatic nitrogens is 2. The van der Waals surface area contributed by atoms with Crippen LogP contribution in [0, 0.1) is 12.7 Å². The van der Waals surface area contributed by atoms with Gasteiger partial charge in [-0.2, -0.15) is 0 Å². The van der Waals surface area contributed by atoms with Crippen molar-refractivity contribution >= 4 is 39.7 Å². The van der Waals surface area contributed by atoms with Crippen LogP contribution in [-0.2, 0) is 4.79 Å². The van der Waals surface area contributed by atoms with Gasteiger partial charge in [-0.05, 0) is 50.1 Å². The number of amides is 1. The Morgan fingerprint density at radius 3 is 2.66 bits per heavy atom. The van der Waals surface area contributed by atoms with Crippen LogP contribution in [-0.4, -0.2) is 35.3 Å². The smallest absolute Gasteiger partial charge is 0.271 e. The molecule has 1 amide bonds. The molecule has 196 valence electrons. The molecule has 2 heterocycles. The molecule has 1 aliphatic rings. The molecule has 0 bridgehead atoms. The molecule has 4 aromatic rings. The zero-order valence-corrected chi connectivity index (χ0v) is 20.9. The van der Waals surface area contributed by atoms with Crippen LogP contribution in [0.25, 0.3) is 10.9 Å². The van der Waals surface area contributed by atoms with E-state index in [1.807, 2.05) is 0 Å². The van der Waals surface area contributed by atoms with Crippen molar-refractivity contribution in [2.75, 3.05) is 29.7 Å². The monoisotopic (exact) mass is 518 g/mol. The lowest BCUT2D eigenvalue weighted by atomic mass is 10.1. The number of nitrogens with two attached hydrogens (primary N) is 1. The lowest BCUT2D eigenvalue weighted by molar-refractivity contribution is -0.112. The number of benzene rings is 2. The maximum atomic E-state index is 15.0. The van der Waals surface area contributed by atoms with Crippen molar-refractivity contribution in [3.05, 3.63) is 72.5 Å². The Kier molecular flexibility index (Phi) is 6.60. The highest BCUT2D eigenvalue weighted by molar-refractivity contribution is 6.05. The number of anilines is 4. The average Bonchev–Trinajstić information content (AvgIpc) is 3.50. The van der Waals surface area contributed by atoms with Gasteiger partial charge in [0.25, 0.3) is 5.91 Å². The van der Waals surface area contributed by atoms with Crippen LogP contribution in [0.4, 0.5) is 27.3 Å². The van der Waals surface area contributed by atoms with Crippen molar-refractivity contribution in [2.45, 2.75) is 25.3 Å². The molecule has 1 aliphatic carbocycles. The van der Waals surface area contributed by atoms with Gasteiger partial charge >= 0.3 is 0 Å². The molecular formula is C27H27FN6O4. The molecule has 0 radical (unpaired) electrons. The molecule has 0 unspecified atom stereocenters. The van der Waals surface area contributed by atoms with Crippen molar-refractivity contribution in [1.29, 1.82) is 0 Å². The normalized spacial score (nSPS) is 13.6. The third-order valence-corrected chi connectivity index (χ3v) is 6.11. The Hall–Kier alpha value is -4.64. The summed E-state index contributed by atoms with van der Waals surface area (Å²) in [5, 5.41) is 12.9. The number of halogens is 1. The van der Waals surface area contributed by atoms with E-state index in [0.717, 1.165) is 12.8 Å². The summed E-state index contributed by atoms with van der Waals surface area (Å²) >= 11 is 0. The van der Waals surface area contributed by atoms with E-state index in [-0.39, 0.29) is 22.6 Å². The van der Waals surface area contributed by atoms with Gasteiger partial charge in [0, 0.05) is 35.1 Å². The van der Waals surface area contributed by atoms with Crippen LogP contribution >= 0.6 is 0 Å². The quantitative estimate of drug-likeness (QED) is 0.217. The average molecular weight is 519 g/mol. The molecule has 0 saturated heterocycles. The molecule has 38 heavy (non-hydrogen) atoms. The minimum atomic E-state index is -0.567. The summed E-state index contributed by atoms with van der Waals surface area (Å²) in [6.07, 6.45) is 3.47. The van der Waals surface area contributed by atoms with Crippen LogP contribution in [0.5, 0.6) is 11.5 Å². The largest absolute Gasteiger partial charge is 0.493 e. The molecule has 0 aliphatic heterocycles. The van der Waals surface area contributed by atoms with Gasteiger partial charge in [0.2, 0.25) is 0 Å². The predicted molar refractivity (Wildman–Crippen MR) is 142 cm³/mol. The van der Waals surface area contributed by atoms with Gasteiger partial charge in [0.05, 0.1) is 29.5 Å². The molecule has 2 aromatic carbocycles. The highest BCUT2D eigenvalue weighted by Crippen LogP contribution is 2.38. The zero-order chi connectivity index (χ0) is 26.9. The number of carbonyl (C=O) groups is 1. The number of hydrogen-bond acceptors (Lipinski definition) is 9. The minimum Gasteiger partial charge on any atom is -0.493 e. The Morgan fingerprint density at radius 2 is 1.97 bits per heavy atom. The van der Waals surface area contributed by atoms with E-state index in [2.05, 4.69) is 32.7 Å². The van der Waals surface area contributed by atoms with Gasteiger partial charge < -0.3 is 35.7 Å². The highest BCUT2D eigenvalue weighted by atomic mass is 19.1. The Balaban J connectivity index is 1.30. The van der Waals surface area contributed by atoms with E-state index >= 15 is 4.39 Å². The third-order valence-electron chi connectivity index (χ3n) is 6.11. The van der Waals surface area contributed by atoms with E-state index in [0.29, 0.717) is 46.3 Å². The fraction of sp³-hybridized carbons (Fsp3) is 0.222. The Morgan fingerprint density at radius 1 is 1.16 bits per heavy atom. The van der Waals surface area contributed by atoms with E-state index in [1.165, 1.54) is 12.1 Å². The molecule has 10 nitrogen and oxygen atoms in total. The summed E-state index contributed by atoms with van der Waals surface area (Å²) in [5.41, 5.74) is 7.63. The van der Waals surface area contributed by atoms with E-state index < -0.39 is 11.7 Å². The lowest BCUT2D eigenvalue weighted by Crippen LogP contribution is -2.29. The second-order valence-electron chi connectivity index (χ2n) is 9.23. The molecule has 1 saturated carbocycles. The van der Waals surface area contributed by atoms with E-state index in [1.54, 1.807) is 50.6 Å². The van der Waals surface area contributed by atoms with Crippen molar-refractivity contribution < 1.29 is 23.2 Å². The number of hydrogen-bond donors (Lipinski definition) is 4. The molecule has 11 heteroatoms. The first-order valence-electron chi connectivity index (χ1n) is 11.9. The van der Waals surface area contributed by atoms with Gasteiger partial charge in [-0.3, -0.25) is 9.78 Å². The first-order valence-corrected chi connectivity index (χ1v) is 11.9. The summed E-state index contributed by atoms with van der Waals surface area (Å²) in [6.45, 7) is 5.80. The number of fused-ring (bicyclic) bond motifs is 1. The number of methoxy groups -OCH3 is 1. The van der Waals surface area contributed by atoms with Crippen LogP contribution in [0.1, 0.15) is 18.6 Å². The fourth-order valence-corrected chi connectivity index (χ4v) is 3.74. The molecule has 0 atom stereocenters. The third kappa shape index (κ3) is 5.52. The SMILES string of the molecule is C=C(Nc1cc(C)on1)C(=O)Nc1ccc(Nc2ccnc3cc(OCC4(N)CC4)c(OC)cc23)c(F)c1. The Labute approximate surface area is 218 Å². The highest BCUT2D eigenvalue weighted by Gasteiger charge is 2.39. The van der Waals surface area contributed by atoms with Gasteiger partial charge in [-0.1, -0.05) is 11.7 Å². The molecular weight excluding hydrogens is 491 g/mol. The predicted octanol–water partition coefficient (Wildman–Crippen LogP) is 4.86. The number of aryl methyl sites for hydroxylation is 1. The summed E-state index contributed by atoms with van der Waals surface area (Å²) in [6, 6.07) is 11.2. The fourth-order valence-electron chi connectivity index (χ4n) is 3.74. The standard InChI is InChI=1S/C27H27FN6O4/c1-15-10-25(34-38-15)31-16(2)26(35)32-17-4-5-21(19(28)11-17)33-20-6-9-30-22-13-24(23(36-3)12-18(20)22)37-14-27(29)7-8-27/h4-6,9-13H,2,7-8,14,29H2,1,3H3,(H,30,33)(H,31,34)(H,32,35). The number of nitrogens with one attached hydrogen (secondary N) is 3. The first-order chi connectivity index (χ1) is 18.2. The van der Waals surface area contributed by atoms with Crippen molar-refractivity contribution in [3.8, 4) is 11.5 Å². The van der Waals surface area contributed by atoms with Crippen LogP contribution < -0.4 is 31.2 Å². The number of ether oxygens (including phenoxy) is 2. The number of rotatable bonds is 10. The van der Waals surface area contributed by atoms with Gasteiger partial charge in [-0.15, -0.1) is 0 Å². The zero-order valence-electron chi connectivity index (χ0n) is 20.9. The van der Waals surface area contributed by atoms with E-state index in [9.17, 15) is 4.79 Å². The van der Waals surface area contributed by atoms with Gasteiger partial charge in [-0.25, -0.2) is 4.39 Å². The first kappa shape index (κ1) is 25.0.